The normalized spacial score (nSPS) is 10.3. The molecule has 0 unspecified atom stereocenters. The van der Waals surface area contributed by atoms with Gasteiger partial charge in [-0.15, -0.1) is 0 Å². The van der Waals surface area contributed by atoms with Gasteiger partial charge >= 0.3 is 0 Å². The SMILES string of the molecule is O=C(CCCCCCCCC(=O)NCCO)NCCO. The number of nitrogens with one attached hydrogen (secondary N) is 2. The predicted octanol–water partition coefficient (Wildman–Crippen LogP) is 0.324. The molecule has 4 N–H and O–H groups in total. The van der Waals surface area contributed by atoms with Gasteiger partial charge in [-0.1, -0.05) is 25.7 Å². The van der Waals surface area contributed by atoms with Crippen LogP contribution >= 0.6 is 0 Å². The number of aliphatic hydroxyl groups is 2. The molecular weight excluding hydrogens is 260 g/mol. The lowest BCUT2D eigenvalue weighted by atomic mass is 10.1. The zero-order chi connectivity index (χ0) is 15.1. The summed E-state index contributed by atoms with van der Waals surface area (Å²) in [6.45, 7) is 0.629. The summed E-state index contributed by atoms with van der Waals surface area (Å²) in [5.41, 5.74) is 0. The van der Waals surface area contributed by atoms with Crippen LogP contribution in [0.25, 0.3) is 0 Å². The Labute approximate surface area is 120 Å². The number of rotatable bonds is 13. The Morgan fingerprint density at radius 1 is 0.650 bits per heavy atom. The van der Waals surface area contributed by atoms with E-state index in [1.807, 2.05) is 0 Å². The molecule has 0 spiro atoms. The number of carbonyl (C=O) groups excluding carboxylic acids is 2. The van der Waals surface area contributed by atoms with Gasteiger partial charge in [-0.3, -0.25) is 9.59 Å². The van der Waals surface area contributed by atoms with Crippen LogP contribution in [0.1, 0.15) is 51.4 Å². The second-order valence-electron chi connectivity index (χ2n) is 4.77. The number of hydrogen-bond acceptors (Lipinski definition) is 4. The molecule has 0 rings (SSSR count). The van der Waals surface area contributed by atoms with Crippen molar-refractivity contribution in [1.29, 1.82) is 0 Å². The Bertz CT molecular complexity index is 234. The first-order chi connectivity index (χ1) is 9.70. The molecule has 0 aromatic heterocycles. The van der Waals surface area contributed by atoms with E-state index in [2.05, 4.69) is 10.6 Å². The van der Waals surface area contributed by atoms with Gasteiger partial charge in [0.2, 0.25) is 11.8 Å². The molecule has 0 aromatic carbocycles. The van der Waals surface area contributed by atoms with Gasteiger partial charge in [0.15, 0.2) is 0 Å². The fourth-order valence-electron chi connectivity index (χ4n) is 1.85. The van der Waals surface area contributed by atoms with Crippen molar-refractivity contribution in [3.63, 3.8) is 0 Å². The molecule has 0 radical (unpaired) electrons. The highest BCUT2D eigenvalue weighted by molar-refractivity contribution is 5.76. The van der Waals surface area contributed by atoms with Crippen LogP contribution in [-0.2, 0) is 9.59 Å². The Morgan fingerprint density at radius 2 is 1.00 bits per heavy atom. The number of hydrogen-bond donors (Lipinski definition) is 4. The van der Waals surface area contributed by atoms with Gasteiger partial charge in [-0.05, 0) is 12.8 Å². The van der Waals surface area contributed by atoms with Crippen LogP contribution in [0.4, 0.5) is 0 Å². The standard InChI is InChI=1S/C14H28N2O4/c17-11-9-15-13(19)7-5-3-1-2-4-6-8-14(20)16-10-12-18/h17-18H,1-12H2,(H,15,19)(H,16,20). The maximum absolute atomic E-state index is 11.2. The van der Waals surface area contributed by atoms with Gasteiger partial charge in [0, 0.05) is 25.9 Å². The number of unbranched alkanes of at least 4 members (excludes halogenated alkanes) is 5. The van der Waals surface area contributed by atoms with Crippen molar-refractivity contribution in [3.8, 4) is 0 Å². The Kier molecular flexibility index (Phi) is 13.5. The lowest BCUT2D eigenvalue weighted by molar-refractivity contribution is -0.122. The van der Waals surface area contributed by atoms with Gasteiger partial charge in [0.25, 0.3) is 0 Å². The molecule has 0 saturated heterocycles. The number of aliphatic hydroxyl groups excluding tert-OH is 2. The molecule has 0 aliphatic rings. The molecule has 0 fully saturated rings. The van der Waals surface area contributed by atoms with Gasteiger partial charge in [0.05, 0.1) is 13.2 Å². The third-order valence-electron chi connectivity index (χ3n) is 2.93. The van der Waals surface area contributed by atoms with Gasteiger partial charge < -0.3 is 20.8 Å². The van der Waals surface area contributed by atoms with Crippen molar-refractivity contribution in [3.05, 3.63) is 0 Å². The first-order valence-electron chi connectivity index (χ1n) is 7.45. The molecule has 0 aliphatic heterocycles. The maximum Gasteiger partial charge on any atom is 0.220 e. The van der Waals surface area contributed by atoms with E-state index in [4.69, 9.17) is 10.2 Å². The van der Waals surface area contributed by atoms with Crippen LogP contribution in [0, 0.1) is 0 Å². The molecule has 20 heavy (non-hydrogen) atoms. The summed E-state index contributed by atoms with van der Waals surface area (Å²) in [6.07, 6.45) is 6.96. The van der Waals surface area contributed by atoms with Crippen LogP contribution < -0.4 is 10.6 Å². The zero-order valence-electron chi connectivity index (χ0n) is 12.2. The predicted molar refractivity (Wildman–Crippen MR) is 77.1 cm³/mol. The van der Waals surface area contributed by atoms with E-state index in [0.29, 0.717) is 25.9 Å². The van der Waals surface area contributed by atoms with E-state index >= 15 is 0 Å². The minimum atomic E-state index is -0.0162. The number of amides is 2. The Hall–Kier alpha value is -1.14. The second-order valence-corrected chi connectivity index (χ2v) is 4.77. The van der Waals surface area contributed by atoms with Crippen LogP contribution in [0.5, 0.6) is 0 Å². The minimum absolute atomic E-state index is 0.000366. The topological polar surface area (TPSA) is 98.7 Å². The summed E-state index contributed by atoms with van der Waals surface area (Å²) in [6, 6.07) is 0. The van der Waals surface area contributed by atoms with Crippen molar-refractivity contribution >= 4 is 11.8 Å². The summed E-state index contributed by atoms with van der Waals surface area (Å²) < 4.78 is 0. The molecule has 0 aromatic rings. The molecule has 0 saturated carbocycles. The van der Waals surface area contributed by atoms with Gasteiger partial charge in [0.1, 0.15) is 0 Å². The third kappa shape index (κ3) is 13.3. The van der Waals surface area contributed by atoms with Crippen molar-refractivity contribution in [2.45, 2.75) is 51.4 Å². The summed E-state index contributed by atoms with van der Waals surface area (Å²) in [7, 11) is 0. The molecule has 0 atom stereocenters. The summed E-state index contributed by atoms with van der Waals surface area (Å²) in [5.74, 6) is -0.000733. The van der Waals surface area contributed by atoms with Crippen LogP contribution in [0.2, 0.25) is 0 Å². The van der Waals surface area contributed by atoms with Crippen LogP contribution in [-0.4, -0.2) is 48.3 Å². The Morgan fingerprint density at radius 3 is 1.35 bits per heavy atom. The molecule has 0 bridgehead atoms. The molecule has 6 nitrogen and oxygen atoms in total. The average Bonchev–Trinajstić information content (AvgIpc) is 2.45. The summed E-state index contributed by atoms with van der Waals surface area (Å²) >= 11 is 0. The third-order valence-corrected chi connectivity index (χ3v) is 2.93. The fraction of sp³-hybridized carbons (Fsp3) is 0.857. The molecule has 2 amide bonds. The first-order valence-corrected chi connectivity index (χ1v) is 7.45. The molecule has 118 valence electrons. The van der Waals surface area contributed by atoms with E-state index in [9.17, 15) is 9.59 Å². The second kappa shape index (κ2) is 14.3. The lowest BCUT2D eigenvalue weighted by Crippen LogP contribution is -2.25. The Balaban J connectivity index is 3.20. The smallest absolute Gasteiger partial charge is 0.220 e. The highest BCUT2D eigenvalue weighted by Gasteiger charge is 2.01. The summed E-state index contributed by atoms with van der Waals surface area (Å²) in [5, 5.41) is 22.3. The molecule has 0 aliphatic carbocycles. The summed E-state index contributed by atoms with van der Waals surface area (Å²) in [4.78, 5) is 22.4. The van der Waals surface area contributed by atoms with E-state index in [1.165, 1.54) is 0 Å². The minimum Gasteiger partial charge on any atom is -0.395 e. The van der Waals surface area contributed by atoms with Crippen molar-refractivity contribution in [2.75, 3.05) is 26.3 Å². The first kappa shape index (κ1) is 18.9. The van der Waals surface area contributed by atoms with Crippen molar-refractivity contribution in [2.24, 2.45) is 0 Å². The van der Waals surface area contributed by atoms with Crippen LogP contribution in [0.3, 0.4) is 0 Å². The highest BCUT2D eigenvalue weighted by Crippen LogP contribution is 2.08. The van der Waals surface area contributed by atoms with E-state index in [0.717, 1.165) is 38.5 Å². The van der Waals surface area contributed by atoms with Crippen LogP contribution in [0.15, 0.2) is 0 Å². The van der Waals surface area contributed by atoms with Gasteiger partial charge in [-0.2, -0.15) is 0 Å². The zero-order valence-corrected chi connectivity index (χ0v) is 12.2. The van der Waals surface area contributed by atoms with Gasteiger partial charge in [-0.25, -0.2) is 0 Å². The molecule has 6 heteroatoms. The fourth-order valence-corrected chi connectivity index (χ4v) is 1.85. The van der Waals surface area contributed by atoms with E-state index in [-0.39, 0.29) is 25.0 Å². The monoisotopic (exact) mass is 288 g/mol. The molecular formula is C14H28N2O4. The average molecular weight is 288 g/mol. The van der Waals surface area contributed by atoms with Crippen molar-refractivity contribution in [1.82, 2.24) is 10.6 Å². The lowest BCUT2D eigenvalue weighted by Gasteiger charge is -2.04. The maximum atomic E-state index is 11.2. The number of carbonyl (C=O) groups is 2. The van der Waals surface area contributed by atoms with E-state index in [1.54, 1.807) is 0 Å². The quantitative estimate of drug-likeness (QED) is 0.367. The largest absolute Gasteiger partial charge is 0.395 e. The van der Waals surface area contributed by atoms with E-state index < -0.39 is 0 Å². The molecule has 0 heterocycles. The van der Waals surface area contributed by atoms with Crippen molar-refractivity contribution < 1.29 is 19.8 Å². The highest BCUT2D eigenvalue weighted by atomic mass is 16.3.